The molecular formula is C20H27N3O2S. The van der Waals surface area contributed by atoms with Gasteiger partial charge in [0.2, 0.25) is 16.9 Å². The number of carbonyl (C=O) groups is 2. The van der Waals surface area contributed by atoms with Crippen molar-refractivity contribution in [2.24, 2.45) is 22.7 Å². The zero-order valence-electron chi connectivity index (χ0n) is 15.3. The van der Waals surface area contributed by atoms with Crippen LogP contribution in [0.2, 0.25) is 0 Å². The molecule has 1 saturated carbocycles. The summed E-state index contributed by atoms with van der Waals surface area (Å²) < 4.78 is 0. The van der Waals surface area contributed by atoms with Crippen molar-refractivity contribution >= 4 is 34.9 Å². The molecule has 1 unspecified atom stereocenters. The summed E-state index contributed by atoms with van der Waals surface area (Å²) in [6.07, 6.45) is 13.3. The summed E-state index contributed by atoms with van der Waals surface area (Å²) in [4.78, 5) is 31.1. The number of unbranched alkanes of at least 4 members (excludes halogenated alkanes) is 1. The average Bonchev–Trinajstić information content (AvgIpc) is 2.66. The summed E-state index contributed by atoms with van der Waals surface area (Å²) in [6, 6.07) is 0. The highest BCUT2D eigenvalue weighted by atomic mass is 32.1. The van der Waals surface area contributed by atoms with E-state index in [4.69, 9.17) is 12.2 Å². The SMILES string of the molecule is CCCCNC(=O)C1CCC(CN2C(=O)C3C=CC=CC3=NC2=S)CC1. The van der Waals surface area contributed by atoms with Crippen LogP contribution in [0, 0.1) is 17.8 Å². The minimum Gasteiger partial charge on any atom is -0.356 e. The molecule has 0 bridgehead atoms. The Morgan fingerprint density at radius 2 is 2.08 bits per heavy atom. The van der Waals surface area contributed by atoms with Crippen LogP contribution in [0.1, 0.15) is 45.4 Å². The van der Waals surface area contributed by atoms with Crippen molar-refractivity contribution in [1.29, 1.82) is 0 Å². The van der Waals surface area contributed by atoms with Gasteiger partial charge in [0.15, 0.2) is 0 Å². The van der Waals surface area contributed by atoms with Gasteiger partial charge in [-0.1, -0.05) is 31.6 Å². The maximum atomic E-state index is 12.8. The molecule has 3 aliphatic rings. The van der Waals surface area contributed by atoms with Crippen LogP contribution in [0.25, 0.3) is 0 Å². The van der Waals surface area contributed by atoms with E-state index in [1.165, 1.54) is 0 Å². The quantitative estimate of drug-likeness (QED) is 0.575. The van der Waals surface area contributed by atoms with Gasteiger partial charge in [0.25, 0.3) is 0 Å². The number of thiocarbonyl (C=S) groups is 1. The van der Waals surface area contributed by atoms with Crippen molar-refractivity contribution in [3.8, 4) is 0 Å². The molecule has 0 radical (unpaired) electrons. The second kappa shape index (κ2) is 8.71. The fraction of sp³-hybridized carbons (Fsp3) is 0.600. The Bertz CT molecular complexity index is 660. The Kier molecular flexibility index (Phi) is 6.35. The average molecular weight is 374 g/mol. The van der Waals surface area contributed by atoms with Crippen LogP contribution in [0.3, 0.4) is 0 Å². The maximum Gasteiger partial charge on any atom is 0.241 e. The number of hydrogen-bond acceptors (Lipinski definition) is 3. The largest absolute Gasteiger partial charge is 0.356 e. The van der Waals surface area contributed by atoms with Crippen LogP contribution in [0.15, 0.2) is 29.3 Å². The fourth-order valence-electron chi connectivity index (χ4n) is 3.85. The molecule has 1 N–H and O–H groups in total. The molecule has 2 amide bonds. The number of nitrogens with one attached hydrogen (secondary N) is 1. The van der Waals surface area contributed by atoms with Crippen molar-refractivity contribution in [2.75, 3.05) is 13.1 Å². The highest BCUT2D eigenvalue weighted by Crippen LogP contribution is 2.31. The molecule has 0 saturated heterocycles. The summed E-state index contributed by atoms with van der Waals surface area (Å²) in [5, 5.41) is 3.41. The Labute approximate surface area is 160 Å². The number of nitrogens with zero attached hydrogens (tertiary/aromatic N) is 2. The molecule has 0 aromatic carbocycles. The third-order valence-corrected chi connectivity index (χ3v) is 5.79. The molecule has 1 heterocycles. The van der Waals surface area contributed by atoms with Gasteiger partial charge >= 0.3 is 0 Å². The van der Waals surface area contributed by atoms with Crippen LogP contribution in [-0.4, -0.2) is 40.6 Å². The number of fused-ring (bicyclic) bond motifs is 1. The third kappa shape index (κ3) is 4.29. The van der Waals surface area contributed by atoms with Crippen molar-refractivity contribution in [1.82, 2.24) is 10.2 Å². The van der Waals surface area contributed by atoms with Gasteiger partial charge in [0.05, 0.1) is 11.6 Å². The Balaban J connectivity index is 1.52. The molecule has 26 heavy (non-hydrogen) atoms. The van der Waals surface area contributed by atoms with Crippen molar-refractivity contribution in [3.05, 3.63) is 24.3 Å². The first-order chi connectivity index (χ1) is 12.6. The smallest absolute Gasteiger partial charge is 0.241 e. The monoisotopic (exact) mass is 373 g/mol. The van der Waals surface area contributed by atoms with Crippen LogP contribution < -0.4 is 5.32 Å². The summed E-state index contributed by atoms with van der Waals surface area (Å²) in [5.74, 6) is 0.418. The zero-order valence-corrected chi connectivity index (χ0v) is 16.1. The van der Waals surface area contributed by atoms with Crippen molar-refractivity contribution < 1.29 is 9.59 Å². The lowest BCUT2D eigenvalue weighted by molar-refractivity contribution is -0.130. The van der Waals surface area contributed by atoms with E-state index >= 15 is 0 Å². The van der Waals surface area contributed by atoms with Gasteiger partial charge in [-0.2, -0.15) is 0 Å². The maximum absolute atomic E-state index is 12.8. The second-order valence-corrected chi connectivity index (χ2v) is 7.72. The van der Waals surface area contributed by atoms with E-state index in [0.29, 0.717) is 17.6 Å². The zero-order chi connectivity index (χ0) is 18.5. The summed E-state index contributed by atoms with van der Waals surface area (Å²) in [7, 11) is 0. The molecule has 0 aromatic heterocycles. The lowest BCUT2D eigenvalue weighted by Crippen LogP contribution is -2.48. The molecule has 140 valence electrons. The summed E-state index contributed by atoms with van der Waals surface area (Å²) >= 11 is 5.36. The van der Waals surface area contributed by atoms with Gasteiger partial charge in [-0.3, -0.25) is 14.5 Å². The van der Waals surface area contributed by atoms with Crippen molar-refractivity contribution in [3.63, 3.8) is 0 Å². The predicted octanol–water partition coefficient (Wildman–Crippen LogP) is 3.02. The van der Waals surface area contributed by atoms with E-state index in [-0.39, 0.29) is 23.7 Å². The Morgan fingerprint density at radius 1 is 1.31 bits per heavy atom. The predicted molar refractivity (Wildman–Crippen MR) is 107 cm³/mol. The number of allylic oxidation sites excluding steroid dienone is 3. The second-order valence-electron chi connectivity index (χ2n) is 7.35. The van der Waals surface area contributed by atoms with E-state index in [9.17, 15) is 9.59 Å². The lowest BCUT2D eigenvalue weighted by atomic mass is 9.81. The number of carbonyl (C=O) groups excluding carboxylic acids is 2. The van der Waals surface area contributed by atoms with Crippen LogP contribution >= 0.6 is 12.2 Å². The van der Waals surface area contributed by atoms with E-state index in [2.05, 4.69) is 17.2 Å². The first-order valence-electron chi connectivity index (χ1n) is 9.66. The van der Waals surface area contributed by atoms with E-state index in [1.807, 2.05) is 24.3 Å². The fourth-order valence-corrected chi connectivity index (χ4v) is 4.12. The standard InChI is InChI=1S/C20H27N3O2S/c1-2-3-12-21-18(24)15-10-8-14(9-11-15)13-23-19(25)16-6-4-5-7-17(16)22-20(23)26/h4-7,14-16H,2-3,8-13H2,1H3,(H,21,24). The van der Waals surface area contributed by atoms with Gasteiger partial charge in [0.1, 0.15) is 0 Å². The molecule has 0 spiro atoms. The van der Waals surface area contributed by atoms with Gasteiger partial charge in [-0.15, -0.1) is 0 Å². The highest BCUT2D eigenvalue weighted by Gasteiger charge is 2.36. The number of hydrogen-bond donors (Lipinski definition) is 1. The topological polar surface area (TPSA) is 61.8 Å². The summed E-state index contributed by atoms with van der Waals surface area (Å²) in [6.45, 7) is 3.51. The first kappa shape index (κ1) is 19.0. The molecule has 6 heteroatoms. The van der Waals surface area contributed by atoms with Gasteiger partial charge in [0, 0.05) is 19.0 Å². The molecule has 1 fully saturated rings. The molecule has 1 atom stereocenters. The molecule has 3 rings (SSSR count). The molecule has 0 aromatic rings. The molecule has 5 nitrogen and oxygen atoms in total. The number of aliphatic imine (C=N–C) groups is 1. The van der Waals surface area contributed by atoms with Gasteiger partial charge in [-0.05, 0) is 56.3 Å². The van der Waals surface area contributed by atoms with Gasteiger partial charge < -0.3 is 5.32 Å². The molecule has 1 aliphatic heterocycles. The molecular weight excluding hydrogens is 346 g/mol. The number of rotatable bonds is 6. The van der Waals surface area contributed by atoms with Gasteiger partial charge in [-0.25, -0.2) is 4.99 Å². The summed E-state index contributed by atoms with van der Waals surface area (Å²) in [5.41, 5.74) is 0.742. The highest BCUT2D eigenvalue weighted by molar-refractivity contribution is 7.80. The minimum absolute atomic E-state index is 0.0278. The van der Waals surface area contributed by atoms with Crippen LogP contribution in [0.4, 0.5) is 0 Å². The van der Waals surface area contributed by atoms with Crippen LogP contribution in [-0.2, 0) is 9.59 Å². The Hall–Kier alpha value is -1.82. The van der Waals surface area contributed by atoms with E-state index < -0.39 is 0 Å². The molecule has 2 aliphatic carbocycles. The third-order valence-electron chi connectivity index (χ3n) is 5.48. The van der Waals surface area contributed by atoms with Crippen molar-refractivity contribution in [2.45, 2.75) is 45.4 Å². The normalized spacial score (nSPS) is 28.0. The van der Waals surface area contributed by atoms with Crippen LogP contribution in [0.5, 0.6) is 0 Å². The first-order valence-corrected chi connectivity index (χ1v) is 10.1. The Morgan fingerprint density at radius 3 is 2.81 bits per heavy atom. The van der Waals surface area contributed by atoms with E-state index in [0.717, 1.165) is 50.8 Å². The minimum atomic E-state index is -0.299. The number of amides is 2. The van der Waals surface area contributed by atoms with E-state index in [1.54, 1.807) is 4.90 Å². The lowest BCUT2D eigenvalue weighted by Gasteiger charge is -2.35.